The minimum atomic E-state index is -0.0603. The standard InChI is InChI=1S/C28H31NO2/c1-4-26(22-11-7-5-8-12-22)27(23-13-9-6-10-14-23)24-15-17-25(18-16-24)31-20-19-21(2)28(30)29-3/h5-18,21H,4,19-20H2,1-3H3,(H,29,30)/b27-26-. The van der Waals surface area contributed by atoms with Crippen LogP contribution in [0.25, 0.3) is 11.1 Å². The zero-order chi connectivity index (χ0) is 22.1. The van der Waals surface area contributed by atoms with Gasteiger partial charge in [0.2, 0.25) is 5.91 Å². The number of allylic oxidation sites excluding steroid dienone is 1. The lowest BCUT2D eigenvalue weighted by atomic mass is 9.88. The van der Waals surface area contributed by atoms with Crippen molar-refractivity contribution in [3.63, 3.8) is 0 Å². The molecule has 0 saturated heterocycles. The summed E-state index contributed by atoms with van der Waals surface area (Å²) in [6, 6.07) is 29.4. The number of benzene rings is 3. The summed E-state index contributed by atoms with van der Waals surface area (Å²) in [4.78, 5) is 11.6. The maximum absolute atomic E-state index is 11.6. The van der Waals surface area contributed by atoms with Gasteiger partial charge in [0.15, 0.2) is 0 Å². The first-order valence-corrected chi connectivity index (χ1v) is 10.9. The Morgan fingerprint density at radius 3 is 1.94 bits per heavy atom. The number of hydrogen-bond acceptors (Lipinski definition) is 2. The Labute approximate surface area is 185 Å². The maximum atomic E-state index is 11.6. The zero-order valence-corrected chi connectivity index (χ0v) is 18.6. The highest BCUT2D eigenvalue weighted by Crippen LogP contribution is 2.34. The minimum Gasteiger partial charge on any atom is -0.494 e. The van der Waals surface area contributed by atoms with Gasteiger partial charge in [0.25, 0.3) is 0 Å². The van der Waals surface area contributed by atoms with E-state index in [1.54, 1.807) is 7.05 Å². The molecule has 0 radical (unpaired) electrons. The van der Waals surface area contributed by atoms with Crippen LogP contribution in [-0.2, 0) is 4.79 Å². The van der Waals surface area contributed by atoms with Crippen LogP contribution >= 0.6 is 0 Å². The van der Waals surface area contributed by atoms with E-state index in [2.05, 4.69) is 79.0 Å². The average molecular weight is 414 g/mol. The van der Waals surface area contributed by atoms with Gasteiger partial charge in [-0.1, -0.05) is 86.6 Å². The molecule has 0 fully saturated rings. The molecule has 0 aliphatic heterocycles. The molecule has 3 rings (SSSR count). The molecule has 3 aromatic carbocycles. The number of carbonyl (C=O) groups is 1. The van der Waals surface area contributed by atoms with E-state index < -0.39 is 0 Å². The summed E-state index contributed by atoms with van der Waals surface area (Å²) in [6.45, 7) is 4.63. The van der Waals surface area contributed by atoms with Crippen LogP contribution < -0.4 is 10.1 Å². The Hall–Kier alpha value is -3.33. The molecule has 0 saturated carbocycles. The first-order chi connectivity index (χ1) is 15.1. The smallest absolute Gasteiger partial charge is 0.222 e. The second-order valence-electron chi connectivity index (χ2n) is 7.62. The summed E-state index contributed by atoms with van der Waals surface area (Å²) in [7, 11) is 1.66. The monoisotopic (exact) mass is 413 g/mol. The number of hydrogen-bond donors (Lipinski definition) is 1. The number of carbonyl (C=O) groups excluding carboxylic acids is 1. The van der Waals surface area contributed by atoms with E-state index in [0.29, 0.717) is 13.0 Å². The van der Waals surface area contributed by atoms with E-state index in [1.165, 1.54) is 22.3 Å². The highest BCUT2D eigenvalue weighted by Gasteiger charge is 2.13. The highest BCUT2D eigenvalue weighted by molar-refractivity contribution is 5.98. The van der Waals surface area contributed by atoms with Crippen molar-refractivity contribution < 1.29 is 9.53 Å². The third-order valence-electron chi connectivity index (χ3n) is 5.50. The summed E-state index contributed by atoms with van der Waals surface area (Å²) in [5, 5.41) is 2.68. The predicted molar refractivity (Wildman–Crippen MR) is 129 cm³/mol. The Balaban J connectivity index is 1.87. The molecule has 1 N–H and O–H groups in total. The van der Waals surface area contributed by atoms with Gasteiger partial charge in [-0.3, -0.25) is 4.79 Å². The molecule has 160 valence electrons. The molecule has 0 aromatic heterocycles. The molecule has 0 aliphatic carbocycles. The lowest BCUT2D eigenvalue weighted by molar-refractivity contribution is -0.124. The number of nitrogens with one attached hydrogen (secondary N) is 1. The summed E-state index contributed by atoms with van der Waals surface area (Å²) in [6.07, 6.45) is 1.62. The Morgan fingerprint density at radius 1 is 0.839 bits per heavy atom. The molecular formula is C28H31NO2. The lowest BCUT2D eigenvalue weighted by Gasteiger charge is -2.17. The van der Waals surface area contributed by atoms with Gasteiger partial charge < -0.3 is 10.1 Å². The molecule has 0 spiro atoms. The molecule has 0 bridgehead atoms. The Morgan fingerprint density at radius 2 is 1.39 bits per heavy atom. The van der Waals surface area contributed by atoms with E-state index in [9.17, 15) is 4.79 Å². The van der Waals surface area contributed by atoms with Gasteiger partial charge in [-0.05, 0) is 52.8 Å². The van der Waals surface area contributed by atoms with Crippen molar-refractivity contribution in [2.45, 2.75) is 26.7 Å². The van der Waals surface area contributed by atoms with Crippen LogP contribution in [0.15, 0.2) is 84.9 Å². The van der Waals surface area contributed by atoms with Crippen LogP contribution in [0.2, 0.25) is 0 Å². The van der Waals surface area contributed by atoms with Gasteiger partial charge in [0.1, 0.15) is 5.75 Å². The van der Waals surface area contributed by atoms with Gasteiger partial charge in [-0.2, -0.15) is 0 Å². The molecule has 3 aromatic rings. The van der Waals surface area contributed by atoms with Crippen molar-refractivity contribution in [2.24, 2.45) is 5.92 Å². The number of ether oxygens (including phenoxy) is 1. The molecule has 1 amide bonds. The Kier molecular flexibility index (Phi) is 8.05. The van der Waals surface area contributed by atoms with E-state index in [1.807, 2.05) is 25.1 Å². The van der Waals surface area contributed by atoms with Crippen molar-refractivity contribution in [1.82, 2.24) is 5.32 Å². The van der Waals surface area contributed by atoms with E-state index in [4.69, 9.17) is 4.74 Å². The second kappa shape index (κ2) is 11.2. The number of rotatable bonds is 9. The minimum absolute atomic E-state index is 0.0459. The van der Waals surface area contributed by atoms with Crippen LogP contribution in [0.1, 0.15) is 43.4 Å². The molecule has 1 atom stereocenters. The molecular weight excluding hydrogens is 382 g/mol. The summed E-state index contributed by atoms with van der Waals surface area (Å²) in [5.41, 5.74) is 6.18. The van der Waals surface area contributed by atoms with Gasteiger partial charge in [0.05, 0.1) is 6.61 Å². The van der Waals surface area contributed by atoms with Crippen molar-refractivity contribution in [2.75, 3.05) is 13.7 Å². The van der Waals surface area contributed by atoms with Gasteiger partial charge in [-0.15, -0.1) is 0 Å². The van der Waals surface area contributed by atoms with E-state index >= 15 is 0 Å². The summed E-state index contributed by atoms with van der Waals surface area (Å²) >= 11 is 0. The van der Waals surface area contributed by atoms with Crippen LogP contribution in [0.4, 0.5) is 0 Å². The summed E-state index contributed by atoms with van der Waals surface area (Å²) in [5.74, 6) is 0.803. The van der Waals surface area contributed by atoms with Crippen molar-refractivity contribution in [3.05, 3.63) is 102 Å². The molecule has 1 unspecified atom stereocenters. The van der Waals surface area contributed by atoms with Gasteiger partial charge >= 0.3 is 0 Å². The molecule has 3 heteroatoms. The number of amides is 1. The van der Waals surface area contributed by atoms with Crippen LogP contribution in [0, 0.1) is 5.92 Å². The SMILES string of the molecule is CC/C(=C(\c1ccccc1)c1ccc(OCCC(C)C(=O)NC)cc1)c1ccccc1. The third-order valence-corrected chi connectivity index (χ3v) is 5.50. The second-order valence-corrected chi connectivity index (χ2v) is 7.62. The first kappa shape index (κ1) is 22.4. The fourth-order valence-electron chi connectivity index (χ4n) is 3.73. The summed E-state index contributed by atoms with van der Waals surface area (Å²) < 4.78 is 5.89. The first-order valence-electron chi connectivity index (χ1n) is 10.9. The molecule has 31 heavy (non-hydrogen) atoms. The Bertz CT molecular complexity index is 992. The van der Waals surface area contributed by atoms with E-state index in [-0.39, 0.29) is 11.8 Å². The van der Waals surface area contributed by atoms with Crippen LogP contribution in [0.3, 0.4) is 0 Å². The van der Waals surface area contributed by atoms with Gasteiger partial charge in [-0.25, -0.2) is 0 Å². The fraction of sp³-hybridized carbons (Fsp3) is 0.250. The molecule has 0 heterocycles. The average Bonchev–Trinajstić information content (AvgIpc) is 2.83. The largest absolute Gasteiger partial charge is 0.494 e. The van der Waals surface area contributed by atoms with Crippen LogP contribution in [0.5, 0.6) is 5.75 Å². The molecule has 0 aliphatic rings. The zero-order valence-electron chi connectivity index (χ0n) is 18.6. The fourth-order valence-corrected chi connectivity index (χ4v) is 3.73. The maximum Gasteiger partial charge on any atom is 0.222 e. The third kappa shape index (κ3) is 5.85. The van der Waals surface area contributed by atoms with Crippen molar-refractivity contribution in [1.29, 1.82) is 0 Å². The van der Waals surface area contributed by atoms with Crippen LogP contribution in [-0.4, -0.2) is 19.6 Å². The topological polar surface area (TPSA) is 38.3 Å². The van der Waals surface area contributed by atoms with E-state index in [0.717, 1.165) is 17.7 Å². The highest BCUT2D eigenvalue weighted by atomic mass is 16.5. The predicted octanol–water partition coefficient (Wildman–Crippen LogP) is 6.21. The quantitative estimate of drug-likeness (QED) is 0.424. The normalized spacial score (nSPS) is 12.6. The molecule has 3 nitrogen and oxygen atoms in total. The lowest BCUT2D eigenvalue weighted by Crippen LogP contribution is -2.26. The van der Waals surface area contributed by atoms with Gasteiger partial charge in [0, 0.05) is 13.0 Å². The van der Waals surface area contributed by atoms with Crippen molar-refractivity contribution >= 4 is 17.1 Å². The van der Waals surface area contributed by atoms with Crippen molar-refractivity contribution in [3.8, 4) is 5.75 Å².